The molecule has 0 aromatic rings. The SMILES string of the molecule is CC(C)CN1CCC(C(=O)NCCN2CCOCC2)CC1.O=C(O)C(=O)O. The molecule has 0 aromatic carbocycles. The van der Waals surface area contributed by atoms with E-state index in [0.29, 0.717) is 5.92 Å². The third kappa shape index (κ3) is 10.3. The predicted octanol–water partition coefficient (Wildman–Crippen LogP) is -0.0416. The van der Waals surface area contributed by atoms with Crippen molar-refractivity contribution < 1.29 is 29.3 Å². The van der Waals surface area contributed by atoms with Crippen LogP contribution in [-0.2, 0) is 19.1 Å². The van der Waals surface area contributed by atoms with Crippen molar-refractivity contribution in [2.75, 3.05) is 59.0 Å². The molecule has 9 heteroatoms. The van der Waals surface area contributed by atoms with Crippen molar-refractivity contribution in [3.63, 3.8) is 0 Å². The first-order valence-electron chi connectivity index (χ1n) is 9.56. The van der Waals surface area contributed by atoms with Gasteiger partial charge in [0.15, 0.2) is 0 Å². The van der Waals surface area contributed by atoms with Crippen molar-refractivity contribution in [1.82, 2.24) is 15.1 Å². The summed E-state index contributed by atoms with van der Waals surface area (Å²) in [6.45, 7) is 13.1. The number of piperidine rings is 1. The Morgan fingerprint density at radius 1 is 1.00 bits per heavy atom. The lowest BCUT2D eigenvalue weighted by molar-refractivity contribution is -0.159. The highest BCUT2D eigenvalue weighted by Gasteiger charge is 2.25. The topological polar surface area (TPSA) is 119 Å². The summed E-state index contributed by atoms with van der Waals surface area (Å²) in [5, 5.41) is 17.9. The average Bonchev–Trinajstić information content (AvgIpc) is 2.63. The number of rotatable bonds is 6. The number of nitrogens with one attached hydrogen (secondary N) is 1. The van der Waals surface area contributed by atoms with E-state index in [-0.39, 0.29) is 11.8 Å². The number of carbonyl (C=O) groups excluding carboxylic acids is 1. The normalized spacial score (nSPS) is 19.2. The van der Waals surface area contributed by atoms with Crippen molar-refractivity contribution in [3.05, 3.63) is 0 Å². The van der Waals surface area contributed by atoms with Crippen LogP contribution in [0.5, 0.6) is 0 Å². The molecule has 2 rings (SSSR count). The zero-order valence-electron chi connectivity index (χ0n) is 16.4. The van der Waals surface area contributed by atoms with E-state index in [9.17, 15) is 4.79 Å². The van der Waals surface area contributed by atoms with Crippen LogP contribution >= 0.6 is 0 Å². The van der Waals surface area contributed by atoms with Crippen molar-refractivity contribution in [2.45, 2.75) is 26.7 Å². The number of likely N-dealkylation sites (tertiary alicyclic amines) is 1. The van der Waals surface area contributed by atoms with Gasteiger partial charge in [0.2, 0.25) is 5.91 Å². The van der Waals surface area contributed by atoms with Gasteiger partial charge in [0.1, 0.15) is 0 Å². The van der Waals surface area contributed by atoms with Gasteiger partial charge in [0.05, 0.1) is 13.2 Å². The maximum atomic E-state index is 12.2. The zero-order valence-corrected chi connectivity index (χ0v) is 16.4. The van der Waals surface area contributed by atoms with E-state index in [4.69, 9.17) is 24.5 Å². The summed E-state index contributed by atoms with van der Waals surface area (Å²) in [6, 6.07) is 0. The molecule has 0 bridgehead atoms. The summed E-state index contributed by atoms with van der Waals surface area (Å²) < 4.78 is 5.33. The van der Waals surface area contributed by atoms with Crippen molar-refractivity contribution >= 4 is 17.8 Å². The highest BCUT2D eigenvalue weighted by molar-refractivity contribution is 6.27. The summed E-state index contributed by atoms with van der Waals surface area (Å²) in [5.74, 6) is -2.46. The van der Waals surface area contributed by atoms with Crippen LogP contribution in [0.2, 0.25) is 0 Å². The van der Waals surface area contributed by atoms with E-state index in [1.807, 2.05) is 0 Å². The Morgan fingerprint density at radius 3 is 2.04 bits per heavy atom. The number of morpholine rings is 1. The molecule has 0 radical (unpaired) electrons. The van der Waals surface area contributed by atoms with Gasteiger partial charge in [-0.1, -0.05) is 13.8 Å². The standard InChI is InChI=1S/C16H31N3O2.C2H2O4/c1-14(2)13-19-6-3-15(4-7-19)16(20)17-5-8-18-9-11-21-12-10-18;3-1(4)2(5)6/h14-15H,3-13H2,1-2H3,(H,17,20);(H,3,4)(H,5,6). The molecule has 0 unspecified atom stereocenters. The molecular formula is C18H33N3O6. The van der Waals surface area contributed by atoms with Crippen molar-refractivity contribution in [2.24, 2.45) is 11.8 Å². The van der Waals surface area contributed by atoms with Crippen LogP contribution in [0.3, 0.4) is 0 Å². The lowest BCUT2D eigenvalue weighted by Crippen LogP contribution is -2.44. The molecule has 0 aromatic heterocycles. The number of aliphatic carboxylic acids is 2. The van der Waals surface area contributed by atoms with Crippen LogP contribution in [-0.4, -0.2) is 96.9 Å². The third-order valence-corrected chi connectivity index (χ3v) is 4.60. The molecule has 0 atom stereocenters. The van der Waals surface area contributed by atoms with Crippen LogP contribution < -0.4 is 5.32 Å². The van der Waals surface area contributed by atoms with Crippen molar-refractivity contribution in [3.8, 4) is 0 Å². The number of carboxylic acid groups (broad SMARTS) is 2. The van der Waals surface area contributed by atoms with Crippen LogP contribution in [0.15, 0.2) is 0 Å². The fourth-order valence-corrected chi connectivity index (χ4v) is 3.20. The summed E-state index contributed by atoms with van der Waals surface area (Å²) in [6.07, 6.45) is 2.02. The highest BCUT2D eigenvalue weighted by Crippen LogP contribution is 2.18. The van der Waals surface area contributed by atoms with E-state index >= 15 is 0 Å². The molecule has 3 N–H and O–H groups in total. The lowest BCUT2D eigenvalue weighted by Gasteiger charge is -2.32. The van der Waals surface area contributed by atoms with Crippen LogP contribution in [0.4, 0.5) is 0 Å². The highest BCUT2D eigenvalue weighted by atomic mass is 16.5. The molecule has 156 valence electrons. The Kier molecular flexibility index (Phi) is 10.9. The smallest absolute Gasteiger partial charge is 0.414 e. The number of hydrogen-bond acceptors (Lipinski definition) is 6. The quantitative estimate of drug-likeness (QED) is 0.543. The van der Waals surface area contributed by atoms with E-state index in [0.717, 1.165) is 71.9 Å². The van der Waals surface area contributed by atoms with Gasteiger partial charge in [-0.25, -0.2) is 9.59 Å². The summed E-state index contributed by atoms with van der Waals surface area (Å²) in [7, 11) is 0. The van der Waals surface area contributed by atoms with E-state index in [2.05, 4.69) is 29.0 Å². The second-order valence-electron chi connectivity index (χ2n) is 7.32. The molecule has 27 heavy (non-hydrogen) atoms. The van der Waals surface area contributed by atoms with Gasteiger partial charge in [-0.3, -0.25) is 9.69 Å². The second-order valence-corrected chi connectivity index (χ2v) is 7.32. The monoisotopic (exact) mass is 387 g/mol. The molecule has 2 saturated heterocycles. The van der Waals surface area contributed by atoms with E-state index in [1.165, 1.54) is 0 Å². The minimum Gasteiger partial charge on any atom is -0.473 e. The minimum absolute atomic E-state index is 0.220. The Bertz CT molecular complexity index is 460. The summed E-state index contributed by atoms with van der Waals surface area (Å²) >= 11 is 0. The molecule has 2 aliphatic heterocycles. The molecule has 2 heterocycles. The molecule has 1 amide bonds. The number of amides is 1. The van der Waals surface area contributed by atoms with Crippen molar-refractivity contribution in [1.29, 1.82) is 0 Å². The number of carboxylic acids is 2. The maximum Gasteiger partial charge on any atom is 0.414 e. The Hall–Kier alpha value is -1.71. The molecular weight excluding hydrogens is 354 g/mol. The van der Waals surface area contributed by atoms with Gasteiger partial charge < -0.3 is 25.2 Å². The van der Waals surface area contributed by atoms with Crippen LogP contribution in [0.1, 0.15) is 26.7 Å². The van der Waals surface area contributed by atoms with Gasteiger partial charge in [-0.05, 0) is 31.8 Å². The van der Waals surface area contributed by atoms with E-state index < -0.39 is 11.9 Å². The Morgan fingerprint density at radius 2 is 1.56 bits per heavy atom. The Labute approximate surface area is 160 Å². The second kappa shape index (κ2) is 12.6. The Balaban J connectivity index is 0.000000527. The zero-order chi connectivity index (χ0) is 20.2. The number of nitrogens with zero attached hydrogens (tertiary/aromatic N) is 2. The number of carbonyl (C=O) groups is 3. The first-order valence-corrected chi connectivity index (χ1v) is 9.56. The fraction of sp³-hybridized carbons (Fsp3) is 0.833. The molecule has 2 fully saturated rings. The number of ether oxygens (including phenoxy) is 1. The first-order chi connectivity index (χ1) is 12.8. The molecule has 0 spiro atoms. The fourth-order valence-electron chi connectivity index (χ4n) is 3.20. The van der Waals surface area contributed by atoms with Gasteiger partial charge in [-0.15, -0.1) is 0 Å². The molecule has 9 nitrogen and oxygen atoms in total. The lowest BCUT2D eigenvalue weighted by atomic mass is 9.95. The van der Waals surface area contributed by atoms with Crippen LogP contribution in [0.25, 0.3) is 0 Å². The largest absolute Gasteiger partial charge is 0.473 e. The van der Waals surface area contributed by atoms with Gasteiger partial charge in [-0.2, -0.15) is 0 Å². The molecule has 0 saturated carbocycles. The third-order valence-electron chi connectivity index (χ3n) is 4.60. The maximum absolute atomic E-state index is 12.2. The number of hydrogen-bond donors (Lipinski definition) is 3. The summed E-state index contributed by atoms with van der Waals surface area (Å²) in [4.78, 5) is 35.2. The predicted molar refractivity (Wildman–Crippen MR) is 99.5 cm³/mol. The summed E-state index contributed by atoms with van der Waals surface area (Å²) in [5.41, 5.74) is 0. The van der Waals surface area contributed by atoms with Gasteiger partial charge >= 0.3 is 11.9 Å². The molecule has 0 aliphatic carbocycles. The van der Waals surface area contributed by atoms with E-state index in [1.54, 1.807) is 0 Å². The van der Waals surface area contributed by atoms with Gasteiger partial charge in [0, 0.05) is 38.6 Å². The minimum atomic E-state index is -1.82. The molecule has 2 aliphatic rings. The van der Waals surface area contributed by atoms with Gasteiger partial charge in [0.25, 0.3) is 0 Å². The first kappa shape index (κ1) is 23.3. The average molecular weight is 387 g/mol. The van der Waals surface area contributed by atoms with Crippen LogP contribution in [0, 0.1) is 11.8 Å².